The first-order chi connectivity index (χ1) is 11.3. The molecule has 126 valence electrons. The van der Waals surface area contributed by atoms with Crippen LogP contribution < -0.4 is 10.6 Å². The minimum absolute atomic E-state index is 0.0190. The van der Waals surface area contributed by atoms with Crippen LogP contribution in [0.5, 0.6) is 0 Å². The number of rotatable bonds is 5. The molecule has 2 saturated carbocycles. The topological polar surface area (TPSA) is 71.8 Å². The lowest BCUT2D eigenvalue weighted by molar-refractivity contribution is 0.238. The van der Waals surface area contributed by atoms with E-state index in [4.69, 9.17) is 0 Å². The summed E-state index contributed by atoms with van der Waals surface area (Å²) in [6.45, 7) is 1.65. The summed E-state index contributed by atoms with van der Waals surface area (Å²) in [5.41, 5.74) is 0. The molecular formula is C17H27N5O. The van der Waals surface area contributed by atoms with Gasteiger partial charge in [-0.25, -0.2) is 4.79 Å². The van der Waals surface area contributed by atoms with E-state index in [1.54, 1.807) is 0 Å². The number of fused-ring (bicyclic) bond motifs is 1. The number of hydrogen-bond donors (Lipinski definition) is 2. The highest BCUT2D eigenvalue weighted by Crippen LogP contribution is 2.44. The highest BCUT2D eigenvalue weighted by Gasteiger charge is 2.43. The van der Waals surface area contributed by atoms with Gasteiger partial charge in [0.2, 0.25) is 0 Å². The normalized spacial score (nSPS) is 26.8. The third-order valence-electron chi connectivity index (χ3n) is 5.73. The maximum Gasteiger partial charge on any atom is 0.315 e. The molecule has 4 rings (SSSR count). The smallest absolute Gasteiger partial charge is 0.315 e. The lowest BCUT2D eigenvalue weighted by atomic mass is 9.85. The average Bonchev–Trinajstić information content (AvgIpc) is 2.99. The van der Waals surface area contributed by atoms with E-state index >= 15 is 0 Å². The van der Waals surface area contributed by atoms with Crippen molar-refractivity contribution in [2.75, 3.05) is 6.54 Å². The zero-order chi connectivity index (χ0) is 15.6. The van der Waals surface area contributed by atoms with Crippen molar-refractivity contribution >= 4 is 6.03 Å². The van der Waals surface area contributed by atoms with Gasteiger partial charge in [-0.15, -0.1) is 10.2 Å². The summed E-state index contributed by atoms with van der Waals surface area (Å²) in [6.07, 6.45) is 11.0. The maximum atomic E-state index is 12.0. The summed E-state index contributed by atoms with van der Waals surface area (Å²) in [5, 5.41) is 14.5. The Morgan fingerprint density at radius 1 is 1.17 bits per heavy atom. The van der Waals surface area contributed by atoms with Gasteiger partial charge in [0.25, 0.3) is 0 Å². The molecule has 2 N–H and O–H groups in total. The van der Waals surface area contributed by atoms with Crippen molar-refractivity contribution < 1.29 is 4.79 Å². The molecule has 1 aliphatic heterocycles. The molecule has 0 saturated heterocycles. The van der Waals surface area contributed by atoms with Gasteiger partial charge in [0, 0.05) is 32.0 Å². The van der Waals surface area contributed by atoms with Gasteiger partial charge in [-0.05, 0) is 24.7 Å². The van der Waals surface area contributed by atoms with Crippen molar-refractivity contribution in [3.63, 3.8) is 0 Å². The van der Waals surface area contributed by atoms with Crippen LogP contribution in [0.15, 0.2) is 0 Å². The molecule has 6 nitrogen and oxygen atoms in total. The van der Waals surface area contributed by atoms with Crippen molar-refractivity contribution in [1.82, 2.24) is 25.4 Å². The minimum atomic E-state index is -0.0190. The van der Waals surface area contributed by atoms with Crippen LogP contribution in [0.2, 0.25) is 0 Å². The number of nitrogens with one attached hydrogen (secondary N) is 2. The Bertz CT molecular complexity index is 563. The van der Waals surface area contributed by atoms with E-state index in [-0.39, 0.29) is 6.03 Å². The van der Waals surface area contributed by atoms with Crippen LogP contribution in [-0.4, -0.2) is 33.4 Å². The molecule has 2 aliphatic carbocycles. The molecule has 6 heteroatoms. The molecule has 0 radical (unpaired) electrons. The number of aryl methyl sites for hydroxylation is 1. The summed E-state index contributed by atoms with van der Waals surface area (Å²) in [7, 11) is 0. The monoisotopic (exact) mass is 317 g/mol. The van der Waals surface area contributed by atoms with Crippen molar-refractivity contribution in [3.05, 3.63) is 11.6 Å². The summed E-state index contributed by atoms with van der Waals surface area (Å²) < 4.78 is 2.19. The van der Waals surface area contributed by atoms with E-state index in [0.717, 1.165) is 49.3 Å². The molecule has 0 unspecified atom stereocenters. The van der Waals surface area contributed by atoms with Crippen molar-refractivity contribution in [2.24, 2.45) is 11.8 Å². The SMILES string of the molecule is O=C(NCCc1nnc2n1CCC2)N[C@H]1C[C@H]1C1CCCCC1. The van der Waals surface area contributed by atoms with Crippen LogP contribution in [0.25, 0.3) is 0 Å². The Morgan fingerprint density at radius 2 is 2.04 bits per heavy atom. The Kier molecular flexibility index (Phi) is 4.23. The summed E-state index contributed by atoms with van der Waals surface area (Å²) in [5.74, 6) is 3.69. The third-order valence-corrected chi connectivity index (χ3v) is 5.73. The highest BCUT2D eigenvalue weighted by atomic mass is 16.2. The molecule has 23 heavy (non-hydrogen) atoms. The first kappa shape index (κ1) is 15.0. The summed E-state index contributed by atoms with van der Waals surface area (Å²) in [4.78, 5) is 12.0. The quantitative estimate of drug-likeness (QED) is 0.873. The molecule has 0 spiro atoms. The van der Waals surface area contributed by atoms with Crippen molar-refractivity contribution in [2.45, 2.75) is 70.4 Å². The van der Waals surface area contributed by atoms with Crippen LogP contribution >= 0.6 is 0 Å². The lowest BCUT2D eigenvalue weighted by Crippen LogP contribution is -2.39. The number of nitrogens with zero attached hydrogens (tertiary/aromatic N) is 3. The molecule has 2 heterocycles. The van der Waals surface area contributed by atoms with Gasteiger partial charge in [0.15, 0.2) is 0 Å². The first-order valence-corrected chi connectivity index (χ1v) is 9.26. The first-order valence-electron chi connectivity index (χ1n) is 9.26. The Morgan fingerprint density at radius 3 is 2.91 bits per heavy atom. The molecular weight excluding hydrogens is 290 g/mol. The molecule has 1 aromatic rings. The predicted molar refractivity (Wildman–Crippen MR) is 87.1 cm³/mol. The minimum Gasteiger partial charge on any atom is -0.338 e. The molecule has 2 fully saturated rings. The van der Waals surface area contributed by atoms with E-state index in [1.165, 1.54) is 38.5 Å². The van der Waals surface area contributed by atoms with Crippen LogP contribution in [0.3, 0.4) is 0 Å². The number of amides is 2. The fourth-order valence-corrected chi connectivity index (χ4v) is 4.37. The maximum absolute atomic E-state index is 12.0. The van der Waals surface area contributed by atoms with Crippen molar-refractivity contribution in [3.8, 4) is 0 Å². The largest absolute Gasteiger partial charge is 0.338 e. The molecule has 2 atom stereocenters. The van der Waals surface area contributed by atoms with Crippen LogP contribution in [0.1, 0.15) is 56.6 Å². The fourth-order valence-electron chi connectivity index (χ4n) is 4.37. The molecule has 3 aliphatic rings. The van der Waals surface area contributed by atoms with Gasteiger partial charge in [-0.2, -0.15) is 0 Å². The van der Waals surface area contributed by atoms with Crippen molar-refractivity contribution in [1.29, 1.82) is 0 Å². The summed E-state index contributed by atoms with van der Waals surface area (Å²) >= 11 is 0. The van der Waals surface area contributed by atoms with Crippen LogP contribution in [0, 0.1) is 11.8 Å². The second-order valence-corrected chi connectivity index (χ2v) is 7.34. The van der Waals surface area contributed by atoms with Gasteiger partial charge in [0.1, 0.15) is 11.6 Å². The number of carbonyl (C=O) groups is 1. The Balaban J connectivity index is 1.16. The zero-order valence-corrected chi connectivity index (χ0v) is 13.8. The second kappa shape index (κ2) is 6.49. The fraction of sp³-hybridized carbons (Fsp3) is 0.824. The number of aromatic nitrogens is 3. The average molecular weight is 317 g/mol. The third kappa shape index (κ3) is 3.35. The highest BCUT2D eigenvalue weighted by molar-refractivity contribution is 5.74. The molecule has 1 aromatic heterocycles. The van der Waals surface area contributed by atoms with E-state index in [2.05, 4.69) is 25.4 Å². The standard InChI is InChI=1S/C17H27N5O/c23-17(19-14-11-13(14)12-5-2-1-3-6-12)18-9-8-16-21-20-15-7-4-10-22(15)16/h12-14H,1-11H2,(H2,18,19,23)/t13-,14-/m0/s1. The Labute approximate surface area is 137 Å². The van der Waals surface area contributed by atoms with E-state index in [0.29, 0.717) is 12.6 Å². The lowest BCUT2D eigenvalue weighted by Gasteiger charge is -2.21. The molecule has 2 amide bonds. The van der Waals surface area contributed by atoms with Gasteiger partial charge in [-0.1, -0.05) is 32.1 Å². The number of carbonyl (C=O) groups excluding carboxylic acids is 1. The predicted octanol–water partition coefficient (Wildman–Crippen LogP) is 2.03. The van der Waals surface area contributed by atoms with Crippen LogP contribution in [-0.2, 0) is 19.4 Å². The van der Waals surface area contributed by atoms with Gasteiger partial charge < -0.3 is 15.2 Å². The van der Waals surface area contributed by atoms with E-state index in [9.17, 15) is 4.79 Å². The zero-order valence-electron chi connectivity index (χ0n) is 13.8. The molecule has 0 bridgehead atoms. The Hall–Kier alpha value is -1.59. The number of hydrogen-bond acceptors (Lipinski definition) is 3. The van der Waals surface area contributed by atoms with Crippen LogP contribution in [0.4, 0.5) is 4.79 Å². The van der Waals surface area contributed by atoms with E-state index < -0.39 is 0 Å². The number of urea groups is 1. The van der Waals surface area contributed by atoms with Gasteiger partial charge >= 0.3 is 6.03 Å². The van der Waals surface area contributed by atoms with Gasteiger partial charge in [0.05, 0.1) is 0 Å². The second-order valence-electron chi connectivity index (χ2n) is 7.34. The summed E-state index contributed by atoms with van der Waals surface area (Å²) in [6, 6.07) is 0.393. The molecule has 0 aromatic carbocycles. The van der Waals surface area contributed by atoms with Gasteiger partial charge in [-0.3, -0.25) is 0 Å². The van der Waals surface area contributed by atoms with E-state index in [1.807, 2.05) is 0 Å².